The van der Waals surface area contributed by atoms with Crippen molar-refractivity contribution in [3.05, 3.63) is 84.4 Å². The van der Waals surface area contributed by atoms with E-state index in [1.54, 1.807) is 48.4 Å². The van der Waals surface area contributed by atoms with Gasteiger partial charge in [0.1, 0.15) is 5.82 Å². The second kappa shape index (κ2) is 7.61. The normalized spacial score (nSPS) is 13.1. The van der Waals surface area contributed by atoms with Gasteiger partial charge >= 0.3 is 0 Å². The fraction of sp³-hybridized carbons (Fsp3) is 0.0476. The molecule has 0 aliphatic carbocycles. The molecular weight excluding hydrogens is 393 g/mol. The van der Waals surface area contributed by atoms with E-state index in [1.165, 1.54) is 23.5 Å². The predicted octanol–water partition coefficient (Wildman–Crippen LogP) is 5.80. The van der Waals surface area contributed by atoms with Crippen molar-refractivity contribution < 1.29 is 8.60 Å². The molecule has 2 heterocycles. The van der Waals surface area contributed by atoms with Gasteiger partial charge in [-0.2, -0.15) is 4.36 Å². The Bertz CT molecular complexity index is 1210. The maximum Gasteiger partial charge on any atom is 0.171 e. The van der Waals surface area contributed by atoms with Crippen LogP contribution in [0.15, 0.2) is 87.8 Å². The standard InChI is InChI=1S/C21H16FN3OS2/c1-28(26,17-5-3-2-4-6-17)25-21-20(19-13-23-14-27-19)18(11-12-24-21)15-7-9-16(22)10-8-15/h2-14H,1H3. The largest absolute Gasteiger partial charge is 0.252 e. The zero-order valence-corrected chi connectivity index (χ0v) is 16.6. The first kappa shape index (κ1) is 18.5. The first-order chi connectivity index (χ1) is 13.5. The zero-order valence-electron chi connectivity index (χ0n) is 14.9. The highest BCUT2D eigenvalue weighted by Gasteiger charge is 2.17. The monoisotopic (exact) mass is 409 g/mol. The Morgan fingerprint density at radius 2 is 1.79 bits per heavy atom. The van der Waals surface area contributed by atoms with Crippen LogP contribution >= 0.6 is 11.3 Å². The minimum absolute atomic E-state index is 0.303. The summed E-state index contributed by atoms with van der Waals surface area (Å²) in [5, 5.41) is 0. The van der Waals surface area contributed by atoms with Crippen molar-refractivity contribution in [1.82, 2.24) is 9.97 Å². The summed E-state index contributed by atoms with van der Waals surface area (Å²) < 4.78 is 31.2. The van der Waals surface area contributed by atoms with Gasteiger partial charge in [0.25, 0.3) is 0 Å². The highest BCUT2D eigenvalue weighted by Crippen LogP contribution is 2.40. The molecule has 0 aliphatic rings. The third-order valence-electron chi connectivity index (χ3n) is 4.21. The van der Waals surface area contributed by atoms with Crippen LogP contribution in [-0.2, 0) is 9.73 Å². The molecule has 4 nitrogen and oxygen atoms in total. The smallest absolute Gasteiger partial charge is 0.171 e. The number of thiazole rings is 1. The minimum atomic E-state index is -2.70. The third-order valence-corrected chi connectivity index (χ3v) is 6.66. The molecule has 0 bridgehead atoms. The van der Waals surface area contributed by atoms with Crippen LogP contribution in [0.2, 0.25) is 0 Å². The molecule has 0 saturated carbocycles. The van der Waals surface area contributed by atoms with Gasteiger partial charge in [-0.25, -0.2) is 13.6 Å². The second-order valence-corrected chi connectivity index (χ2v) is 9.28. The van der Waals surface area contributed by atoms with Crippen molar-refractivity contribution in [2.45, 2.75) is 4.90 Å². The molecule has 0 spiro atoms. The van der Waals surface area contributed by atoms with E-state index >= 15 is 0 Å². The summed E-state index contributed by atoms with van der Waals surface area (Å²) >= 11 is 1.45. The number of hydrogen-bond acceptors (Lipinski definition) is 5. The topological polar surface area (TPSA) is 55.2 Å². The molecule has 2 aromatic carbocycles. The lowest BCUT2D eigenvalue weighted by molar-refractivity contribution is 0.628. The van der Waals surface area contributed by atoms with Crippen LogP contribution in [0.5, 0.6) is 0 Å². The Morgan fingerprint density at radius 1 is 1.04 bits per heavy atom. The highest BCUT2D eigenvalue weighted by atomic mass is 32.2. The number of rotatable bonds is 4. The fourth-order valence-electron chi connectivity index (χ4n) is 2.86. The molecule has 0 amide bonds. The number of hydrogen-bond donors (Lipinski definition) is 0. The van der Waals surface area contributed by atoms with Crippen molar-refractivity contribution >= 4 is 26.9 Å². The number of benzene rings is 2. The zero-order chi connectivity index (χ0) is 19.6. The van der Waals surface area contributed by atoms with Crippen molar-refractivity contribution in [2.24, 2.45) is 4.36 Å². The Hall–Kier alpha value is -2.90. The maximum atomic E-state index is 13.4. The van der Waals surface area contributed by atoms with Gasteiger partial charge in [0.2, 0.25) is 0 Å². The van der Waals surface area contributed by atoms with Gasteiger partial charge in [0, 0.05) is 29.1 Å². The molecule has 0 N–H and O–H groups in total. The Kier molecular flexibility index (Phi) is 5.02. The van der Waals surface area contributed by atoms with E-state index in [2.05, 4.69) is 14.3 Å². The third kappa shape index (κ3) is 3.72. The molecule has 4 rings (SSSR count). The Balaban J connectivity index is 1.96. The number of pyridine rings is 1. The molecule has 7 heteroatoms. The molecule has 28 heavy (non-hydrogen) atoms. The molecule has 1 atom stereocenters. The maximum absolute atomic E-state index is 13.4. The molecule has 0 saturated heterocycles. The quantitative estimate of drug-likeness (QED) is 0.428. The molecule has 0 radical (unpaired) electrons. The fourth-order valence-corrected chi connectivity index (χ4v) is 4.77. The van der Waals surface area contributed by atoms with E-state index in [0.717, 1.165) is 21.6 Å². The average molecular weight is 410 g/mol. The van der Waals surface area contributed by atoms with E-state index < -0.39 is 9.73 Å². The van der Waals surface area contributed by atoms with Crippen LogP contribution in [0, 0.1) is 5.82 Å². The molecule has 140 valence electrons. The van der Waals surface area contributed by atoms with E-state index in [0.29, 0.717) is 10.7 Å². The van der Waals surface area contributed by atoms with E-state index in [1.807, 2.05) is 24.3 Å². The Morgan fingerprint density at radius 3 is 2.46 bits per heavy atom. The lowest BCUT2D eigenvalue weighted by atomic mass is 10.0. The van der Waals surface area contributed by atoms with Crippen molar-refractivity contribution in [2.75, 3.05) is 6.26 Å². The SMILES string of the molecule is CS(=O)(=Nc1nccc(-c2ccc(F)cc2)c1-c1cncs1)c1ccccc1. The second-order valence-electron chi connectivity index (χ2n) is 6.14. The summed E-state index contributed by atoms with van der Waals surface area (Å²) in [5.41, 5.74) is 4.12. The van der Waals surface area contributed by atoms with Gasteiger partial charge in [0.15, 0.2) is 5.82 Å². The summed E-state index contributed by atoms with van der Waals surface area (Å²) in [6, 6.07) is 17.2. The van der Waals surface area contributed by atoms with Crippen LogP contribution in [0.1, 0.15) is 0 Å². The highest BCUT2D eigenvalue weighted by molar-refractivity contribution is 7.93. The van der Waals surface area contributed by atoms with Gasteiger partial charge < -0.3 is 0 Å². The van der Waals surface area contributed by atoms with Gasteiger partial charge in [-0.05, 0) is 41.5 Å². The van der Waals surface area contributed by atoms with Crippen LogP contribution in [0.25, 0.3) is 21.6 Å². The molecule has 2 aromatic heterocycles. The summed E-state index contributed by atoms with van der Waals surface area (Å²) in [4.78, 5) is 10.1. The van der Waals surface area contributed by atoms with Crippen molar-refractivity contribution in [3.8, 4) is 21.6 Å². The predicted molar refractivity (Wildman–Crippen MR) is 112 cm³/mol. The van der Waals surface area contributed by atoms with E-state index in [4.69, 9.17) is 0 Å². The van der Waals surface area contributed by atoms with E-state index in [-0.39, 0.29) is 5.82 Å². The summed E-state index contributed by atoms with van der Waals surface area (Å²) in [6.07, 6.45) is 4.96. The number of aromatic nitrogens is 2. The van der Waals surface area contributed by atoms with Gasteiger partial charge in [-0.15, -0.1) is 11.3 Å². The number of nitrogens with zero attached hydrogens (tertiary/aromatic N) is 3. The first-order valence-electron chi connectivity index (χ1n) is 8.45. The number of halogens is 1. The summed E-state index contributed by atoms with van der Waals surface area (Å²) in [6.45, 7) is 0. The first-order valence-corrected chi connectivity index (χ1v) is 11.3. The van der Waals surface area contributed by atoms with Crippen LogP contribution in [0.4, 0.5) is 10.2 Å². The average Bonchev–Trinajstić information content (AvgIpc) is 3.23. The minimum Gasteiger partial charge on any atom is -0.252 e. The lowest BCUT2D eigenvalue weighted by Crippen LogP contribution is -1.98. The molecule has 0 aliphatic heterocycles. The Labute approximate surface area is 166 Å². The lowest BCUT2D eigenvalue weighted by Gasteiger charge is -2.12. The van der Waals surface area contributed by atoms with Crippen LogP contribution < -0.4 is 0 Å². The molecular formula is C21H16FN3OS2. The molecule has 1 unspecified atom stereocenters. The van der Waals surface area contributed by atoms with Gasteiger partial charge in [0.05, 0.1) is 20.1 Å². The van der Waals surface area contributed by atoms with Crippen LogP contribution in [0.3, 0.4) is 0 Å². The van der Waals surface area contributed by atoms with Gasteiger partial charge in [-0.1, -0.05) is 30.3 Å². The summed E-state index contributed by atoms with van der Waals surface area (Å²) in [5.74, 6) is 0.0742. The van der Waals surface area contributed by atoms with Crippen molar-refractivity contribution in [3.63, 3.8) is 0 Å². The molecule has 4 aromatic rings. The van der Waals surface area contributed by atoms with Gasteiger partial charge in [-0.3, -0.25) is 4.98 Å². The van der Waals surface area contributed by atoms with E-state index in [9.17, 15) is 8.60 Å². The van der Waals surface area contributed by atoms with Crippen molar-refractivity contribution in [1.29, 1.82) is 0 Å². The molecule has 0 fully saturated rings. The van der Waals surface area contributed by atoms with Crippen LogP contribution in [-0.4, -0.2) is 20.4 Å². The summed E-state index contributed by atoms with van der Waals surface area (Å²) in [7, 11) is -2.70.